The molecule has 1 amide bonds. The van der Waals surface area contributed by atoms with E-state index in [0.29, 0.717) is 12.8 Å². The maximum Gasteiger partial charge on any atom is 0.391 e. The minimum Gasteiger partial charge on any atom is -0.352 e. The standard InChI is InChI=1S/C12H19F3N2O/c13-12(14,15)8-3-5-9(6-4-8)17-11(18)10-2-1-7-16-10/h8-10,16H,1-7H2,(H,17,18). The maximum atomic E-state index is 12.5. The minimum atomic E-state index is -4.08. The summed E-state index contributed by atoms with van der Waals surface area (Å²) in [5.41, 5.74) is 0. The molecule has 2 aliphatic rings. The number of carbonyl (C=O) groups is 1. The summed E-state index contributed by atoms with van der Waals surface area (Å²) in [7, 11) is 0. The highest BCUT2D eigenvalue weighted by atomic mass is 19.4. The van der Waals surface area contributed by atoms with Crippen molar-refractivity contribution in [1.82, 2.24) is 10.6 Å². The highest BCUT2D eigenvalue weighted by Crippen LogP contribution is 2.37. The van der Waals surface area contributed by atoms with E-state index < -0.39 is 12.1 Å². The van der Waals surface area contributed by atoms with Crippen LogP contribution in [0.4, 0.5) is 13.2 Å². The number of amides is 1. The molecule has 1 saturated heterocycles. The van der Waals surface area contributed by atoms with Crippen molar-refractivity contribution in [3.8, 4) is 0 Å². The van der Waals surface area contributed by atoms with Crippen LogP contribution >= 0.6 is 0 Å². The SMILES string of the molecule is O=C(NC1CCC(C(F)(F)F)CC1)C1CCCN1. The monoisotopic (exact) mass is 264 g/mol. The fourth-order valence-corrected chi connectivity index (χ4v) is 2.78. The van der Waals surface area contributed by atoms with Gasteiger partial charge in [-0.2, -0.15) is 13.2 Å². The van der Waals surface area contributed by atoms with Gasteiger partial charge in [0.05, 0.1) is 12.0 Å². The normalized spacial score (nSPS) is 33.4. The molecule has 0 spiro atoms. The molecule has 2 fully saturated rings. The van der Waals surface area contributed by atoms with Crippen molar-refractivity contribution in [1.29, 1.82) is 0 Å². The predicted molar refractivity (Wildman–Crippen MR) is 61.0 cm³/mol. The van der Waals surface area contributed by atoms with Crippen LogP contribution in [0.5, 0.6) is 0 Å². The molecule has 3 nitrogen and oxygen atoms in total. The Morgan fingerprint density at radius 3 is 2.28 bits per heavy atom. The Balaban J connectivity index is 1.75. The molecular formula is C12H19F3N2O. The number of alkyl halides is 3. The van der Waals surface area contributed by atoms with Gasteiger partial charge in [0.1, 0.15) is 0 Å². The van der Waals surface area contributed by atoms with Crippen molar-refractivity contribution in [2.75, 3.05) is 6.54 Å². The average Bonchev–Trinajstić information content (AvgIpc) is 2.82. The third-order valence-electron chi connectivity index (χ3n) is 3.91. The van der Waals surface area contributed by atoms with Crippen LogP contribution in [0.15, 0.2) is 0 Å². The zero-order chi connectivity index (χ0) is 13.2. The van der Waals surface area contributed by atoms with Crippen LogP contribution in [0.1, 0.15) is 38.5 Å². The molecule has 2 N–H and O–H groups in total. The van der Waals surface area contributed by atoms with E-state index >= 15 is 0 Å². The first-order valence-electron chi connectivity index (χ1n) is 6.57. The Bertz CT molecular complexity index is 292. The van der Waals surface area contributed by atoms with Gasteiger partial charge < -0.3 is 10.6 Å². The van der Waals surface area contributed by atoms with Crippen LogP contribution in [0.3, 0.4) is 0 Å². The highest BCUT2D eigenvalue weighted by molar-refractivity contribution is 5.82. The number of hydrogen-bond donors (Lipinski definition) is 2. The lowest BCUT2D eigenvalue weighted by molar-refractivity contribution is -0.182. The van der Waals surface area contributed by atoms with Gasteiger partial charge in [-0.25, -0.2) is 0 Å². The second-order valence-electron chi connectivity index (χ2n) is 5.25. The molecule has 6 heteroatoms. The van der Waals surface area contributed by atoms with Crippen LogP contribution in [0.2, 0.25) is 0 Å². The third-order valence-corrected chi connectivity index (χ3v) is 3.91. The van der Waals surface area contributed by atoms with Crippen molar-refractivity contribution < 1.29 is 18.0 Å². The topological polar surface area (TPSA) is 41.1 Å². The van der Waals surface area contributed by atoms with E-state index in [9.17, 15) is 18.0 Å². The molecule has 2 rings (SSSR count). The highest BCUT2D eigenvalue weighted by Gasteiger charge is 2.41. The van der Waals surface area contributed by atoms with E-state index in [1.54, 1.807) is 0 Å². The molecule has 1 aliphatic carbocycles. The Kier molecular flexibility index (Phi) is 4.14. The lowest BCUT2D eigenvalue weighted by Crippen LogP contribution is -2.47. The smallest absolute Gasteiger partial charge is 0.352 e. The molecule has 0 radical (unpaired) electrons. The summed E-state index contributed by atoms with van der Waals surface area (Å²) >= 11 is 0. The quantitative estimate of drug-likeness (QED) is 0.800. The minimum absolute atomic E-state index is 0.0528. The second kappa shape index (κ2) is 5.47. The van der Waals surface area contributed by atoms with E-state index in [2.05, 4.69) is 10.6 Å². The summed E-state index contributed by atoms with van der Waals surface area (Å²) in [5.74, 6) is -1.24. The van der Waals surface area contributed by atoms with Crippen LogP contribution in [0.25, 0.3) is 0 Å². The summed E-state index contributed by atoms with van der Waals surface area (Å²) in [5, 5.41) is 5.95. The maximum absolute atomic E-state index is 12.5. The van der Waals surface area contributed by atoms with Crippen LogP contribution < -0.4 is 10.6 Å². The predicted octanol–water partition coefficient (Wildman–Crippen LogP) is 1.98. The second-order valence-corrected chi connectivity index (χ2v) is 5.25. The lowest BCUT2D eigenvalue weighted by atomic mass is 9.85. The van der Waals surface area contributed by atoms with Gasteiger partial charge in [0.15, 0.2) is 0 Å². The molecule has 1 saturated carbocycles. The Labute approximate surface area is 104 Å². The van der Waals surface area contributed by atoms with Crippen LogP contribution in [-0.4, -0.2) is 30.7 Å². The Morgan fingerprint density at radius 2 is 1.78 bits per heavy atom. The Morgan fingerprint density at radius 1 is 1.11 bits per heavy atom. The molecule has 104 valence electrons. The molecule has 1 heterocycles. The van der Waals surface area contributed by atoms with E-state index in [1.807, 2.05) is 0 Å². The van der Waals surface area contributed by atoms with Gasteiger partial charge in [0.2, 0.25) is 5.91 Å². The van der Waals surface area contributed by atoms with Crippen molar-refractivity contribution in [2.24, 2.45) is 5.92 Å². The first-order chi connectivity index (χ1) is 8.47. The Hall–Kier alpha value is -0.780. The number of carbonyl (C=O) groups excluding carboxylic acids is 1. The van der Waals surface area contributed by atoms with Gasteiger partial charge in [-0.3, -0.25) is 4.79 Å². The summed E-state index contributed by atoms with van der Waals surface area (Å²) in [6.07, 6.45) is -1.14. The van der Waals surface area contributed by atoms with Crippen LogP contribution in [0, 0.1) is 5.92 Å². The van der Waals surface area contributed by atoms with E-state index in [1.165, 1.54) is 0 Å². The first-order valence-corrected chi connectivity index (χ1v) is 6.57. The molecule has 0 aromatic rings. The van der Waals surface area contributed by atoms with E-state index in [4.69, 9.17) is 0 Å². The van der Waals surface area contributed by atoms with Gasteiger partial charge in [-0.05, 0) is 45.1 Å². The first kappa shape index (κ1) is 13.6. The van der Waals surface area contributed by atoms with Gasteiger partial charge in [0.25, 0.3) is 0 Å². The van der Waals surface area contributed by atoms with Gasteiger partial charge in [0, 0.05) is 6.04 Å². The van der Waals surface area contributed by atoms with Gasteiger partial charge >= 0.3 is 6.18 Å². The summed E-state index contributed by atoms with van der Waals surface area (Å²) < 4.78 is 37.4. The van der Waals surface area contributed by atoms with Crippen molar-refractivity contribution in [2.45, 2.75) is 56.8 Å². The molecular weight excluding hydrogens is 245 g/mol. The summed E-state index contributed by atoms with van der Waals surface area (Å²) in [4.78, 5) is 11.8. The fourth-order valence-electron chi connectivity index (χ4n) is 2.78. The fraction of sp³-hybridized carbons (Fsp3) is 0.917. The molecule has 18 heavy (non-hydrogen) atoms. The third kappa shape index (κ3) is 3.37. The number of hydrogen-bond acceptors (Lipinski definition) is 2. The molecule has 1 unspecified atom stereocenters. The largest absolute Gasteiger partial charge is 0.391 e. The van der Waals surface area contributed by atoms with E-state index in [-0.39, 0.29) is 30.8 Å². The van der Waals surface area contributed by atoms with Crippen molar-refractivity contribution in [3.63, 3.8) is 0 Å². The molecule has 1 atom stereocenters. The zero-order valence-corrected chi connectivity index (χ0v) is 10.2. The lowest BCUT2D eigenvalue weighted by Gasteiger charge is -2.30. The molecule has 0 aromatic carbocycles. The van der Waals surface area contributed by atoms with Crippen molar-refractivity contribution >= 4 is 5.91 Å². The molecule has 0 aromatic heterocycles. The number of halogens is 3. The van der Waals surface area contributed by atoms with Gasteiger partial charge in [-0.1, -0.05) is 0 Å². The summed E-state index contributed by atoms with van der Waals surface area (Å²) in [6, 6.07) is -0.233. The zero-order valence-electron chi connectivity index (χ0n) is 10.2. The van der Waals surface area contributed by atoms with E-state index in [0.717, 1.165) is 19.4 Å². The molecule has 0 bridgehead atoms. The number of nitrogens with one attached hydrogen (secondary N) is 2. The average molecular weight is 264 g/mol. The van der Waals surface area contributed by atoms with Gasteiger partial charge in [-0.15, -0.1) is 0 Å². The van der Waals surface area contributed by atoms with Crippen LogP contribution in [-0.2, 0) is 4.79 Å². The number of rotatable bonds is 2. The molecule has 1 aliphatic heterocycles. The summed E-state index contributed by atoms with van der Waals surface area (Å²) in [6.45, 7) is 0.846. The van der Waals surface area contributed by atoms with Crippen molar-refractivity contribution in [3.05, 3.63) is 0 Å².